The van der Waals surface area contributed by atoms with Crippen LogP contribution in [0.25, 0.3) is 0 Å². The summed E-state index contributed by atoms with van der Waals surface area (Å²) in [7, 11) is 0. The van der Waals surface area contributed by atoms with Gasteiger partial charge in [-0.2, -0.15) is 0 Å². The molecule has 8 heteroatoms. The molecule has 0 aliphatic carbocycles. The van der Waals surface area contributed by atoms with Gasteiger partial charge in [0.05, 0.1) is 0 Å². The van der Waals surface area contributed by atoms with Gasteiger partial charge in [-0.1, -0.05) is 29.8 Å². The van der Waals surface area contributed by atoms with E-state index in [2.05, 4.69) is 16.0 Å². The second kappa shape index (κ2) is 10.4. The normalized spacial score (nSPS) is 10.3. The average Bonchev–Trinajstić information content (AvgIpc) is 2.75. The highest BCUT2D eigenvalue weighted by Gasteiger charge is 2.16. The summed E-state index contributed by atoms with van der Waals surface area (Å²) in [6.45, 7) is 2.25. The maximum Gasteiger partial charge on any atom is 0.326 e. The molecule has 0 radical (unpaired) electrons. The van der Waals surface area contributed by atoms with Gasteiger partial charge in [-0.05, 0) is 67.1 Å². The van der Waals surface area contributed by atoms with Crippen LogP contribution in [0.5, 0.6) is 0 Å². The molecule has 0 saturated carbocycles. The fourth-order valence-corrected chi connectivity index (χ4v) is 2.98. The van der Waals surface area contributed by atoms with Crippen LogP contribution in [0.3, 0.4) is 0 Å². The molecule has 0 atom stereocenters. The molecule has 6 nitrogen and oxygen atoms in total. The molecule has 0 bridgehead atoms. The quantitative estimate of drug-likeness (QED) is 0.463. The Morgan fingerprint density at radius 1 is 0.935 bits per heavy atom. The van der Waals surface area contributed by atoms with Crippen molar-refractivity contribution in [2.24, 2.45) is 0 Å². The first-order valence-electron chi connectivity index (χ1n) is 9.62. The van der Waals surface area contributed by atoms with Crippen molar-refractivity contribution in [3.05, 3.63) is 89.2 Å². The Labute approximate surface area is 185 Å². The number of hydrogen-bond donors (Lipinski definition) is 3. The van der Waals surface area contributed by atoms with E-state index in [4.69, 9.17) is 11.6 Å². The zero-order valence-corrected chi connectivity index (χ0v) is 17.6. The van der Waals surface area contributed by atoms with E-state index in [1.54, 1.807) is 30.3 Å². The molecule has 3 rings (SSSR count). The Kier molecular flexibility index (Phi) is 7.45. The zero-order chi connectivity index (χ0) is 22.2. The lowest BCUT2D eigenvalue weighted by atomic mass is 10.2. The predicted molar refractivity (Wildman–Crippen MR) is 122 cm³/mol. The fraction of sp³-hybridized carbons (Fsp3) is 0.130. The van der Waals surface area contributed by atoms with Gasteiger partial charge in [-0.3, -0.25) is 4.90 Å². The number of halogens is 2. The number of rotatable bonds is 6. The molecule has 3 N–H and O–H groups in total. The largest absolute Gasteiger partial charge is 0.336 e. The van der Waals surface area contributed by atoms with E-state index < -0.39 is 11.8 Å². The van der Waals surface area contributed by atoms with Gasteiger partial charge in [0.1, 0.15) is 5.82 Å². The molecule has 0 aliphatic heterocycles. The van der Waals surface area contributed by atoms with Crippen molar-refractivity contribution in [1.82, 2.24) is 5.32 Å². The molecule has 4 amide bonds. The van der Waals surface area contributed by atoms with E-state index >= 15 is 0 Å². The van der Waals surface area contributed by atoms with Crippen LogP contribution < -0.4 is 20.9 Å². The molecule has 0 unspecified atom stereocenters. The summed E-state index contributed by atoms with van der Waals surface area (Å²) in [5.74, 6) is -0.405. The minimum absolute atomic E-state index is 0.173. The number of anilines is 3. The Morgan fingerprint density at radius 3 is 2.29 bits per heavy atom. The second-order valence-corrected chi connectivity index (χ2v) is 7.20. The first-order chi connectivity index (χ1) is 14.9. The molecule has 0 aliphatic rings. The van der Waals surface area contributed by atoms with Crippen LogP contribution in [0.4, 0.5) is 31.0 Å². The highest BCUT2D eigenvalue weighted by atomic mass is 35.5. The molecule has 0 spiro atoms. The molecule has 0 heterocycles. The highest BCUT2D eigenvalue weighted by Crippen LogP contribution is 2.18. The monoisotopic (exact) mass is 440 g/mol. The third-order valence-corrected chi connectivity index (χ3v) is 4.75. The van der Waals surface area contributed by atoms with Crippen LogP contribution >= 0.6 is 11.6 Å². The van der Waals surface area contributed by atoms with Crippen LogP contribution in [0.15, 0.2) is 72.8 Å². The SMILES string of the molecule is Cc1ccccc1NC(=O)NCCN(C(=O)Nc1ccc(Cl)cc1)c1ccc(F)cc1. The Morgan fingerprint density at radius 2 is 1.61 bits per heavy atom. The van der Waals surface area contributed by atoms with Crippen molar-refractivity contribution in [3.8, 4) is 0 Å². The molecule has 0 saturated heterocycles. The maximum atomic E-state index is 13.3. The van der Waals surface area contributed by atoms with Crippen LogP contribution in [-0.2, 0) is 0 Å². The van der Waals surface area contributed by atoms with Crippen molar-refractivity contribution in [1.29, 1.82) is 0 Å². The number of para-hydroxylation sites is 1. The molecule has 0 fully saturated rings. The first-order valence-corrected chi connectivity index (χ1v) is 10.0. The Hall–Kier alpha value is -3.58. The van der Waals surface area contributed by atoms with Crippen molar-refractivity contribution >= 4 is 40.7 Å². The summed E-state index contributed by atoms with van der Waals surface area (Å²) in [6.07, 6.45) is 0. The summed E-state index contributed by atoms with van der Waals surface area (Å²) >= 11 is 5.88. The Balaban J connectivity index is 1.64. The highest BCUT2D eigenvalue weighted by molar-refractivity contribution is 6.30. The van der Waals surface area contributed by atoms with Crippen molar-refractivity contribution in [3.63, 3.8) is 0 Å². The number of carbonyl (C=O) groups is 2. The van der Waals surface area contributed by atoms with E-state index in [0.29, 0.717) is 22.1 Å². The van der Waals surface area contributed by atoms with E-state index in [-0.39, 0.29) is 19.1 Å². The van der Waals surface area contributed by atoms with Crippen LogP contribution in [0.2, 0.25) is 5.02 Å². The smallest absolute Gasteiger partial charge is 0.326 e. The molecule has 3 aromatic carbocycles. The van der Waals surface area contributed by atoms with E-state index in [1.807, 2.05) is 25.1 Å². The molecular weight excluding hydrogens is 419 g/mol. The number of amides is 4. The third-order valence-electron chi connectivity index (χ3n) is 4.49. The summed E-state index contributed by atoms with van der Waals surface area (Å²) < 4.78 is 13.3. The van der Waals surface area contributed by atoms with Crippen LogP contribution in [0.1, 0.15) is 5.56 Å². The zero-order valence-electron chi connectivity index (χ0n) is 16.9. The molecule has 160 valence electrons. The number of urea groups is 2. The summed E-state index contributed by atoms with van der Waals surface area (Å²) in [4.78, 5) is 26.5. The standard InChI is InChI=1S/C23H22ClFN4O2/c1-16-4-2-3-5-21(16)28-22(30)26-14-15-29(20-12-8-18(25)9-13-20)23(31)27-19-10-6-17(24)7-11-19/h2-13H,14-15H2,1H3,(H,27,31)(H2,26,28,30). The van der Waals surface area contributed by atoms with Gasteiger partial charge in [0, 0.05) is 35.2 Å². The number of nitrogens with zero attached hydrogens (tertiary/aromatic N) is 1. The van der Waals surface area contributed by atoms with Crippen molar-refractivity contribution in [2.45, 2.75) is 6.92 Å². The summed E-state index contributed by atoms with van der Waals surface area (Å²) in [6, 6.07) is 18.9. The third kappa shape index (κ3) is 6.45. The number of aryl methyl sites for hydroxylation is 1. The van der Waals surface area contributed by atoms with Crippen LogP contribution in [-0.4, -0.2) is 25.2 Å². The molecule has 31 heavy (non-hydrogen) atoms. The maximum absolute atomic E-state index is 13.3. The minimum Gasteiger partial charge on any atom is -0.336 e. The minimum atomic E-state index is -0.421. The van der Waals surface area contributed by atoms with Gasteiger partial charge < -0.3 is 16.0 Å². The lowest BCUT2D eigenvalue weighted by Gasteiger charge is -2.23. The van der Waals surface area contributed by atoms with Gasteiger partial charge in [0.15, 0.2) is 0 Å². The number of carbonyl (C=O) groups excluding carboxylic acids is 2. The Bertz CT molecular complexity index is 1040. The van der Waals surface area contributed by atoms with Crippen LogP contribution in [0, 0.1) is 12.7 Å². The number of nitrogens with one attached hydrogen (secondary N) is 3. The summed E-state index contributed by atoms with van der Waals surface area (Å²) in [5, 5.41) is 8.83. The lowest BCUT2D eigenvalue weighted by molar-refractivity contribution is 0.250. The van der Waals surface area contributed by atoms with Crippen molar-refractivity contribution in [2.75, 3.05) is 28.6 Å². The van der Waals surface area contributed by atoms with Gasteiger partial charge in [0.2, 0.25) is 0 Å². The predicted octanol–water partition coefficient (Wildman–Crippen LogP) is 5.65. The van der Waals surface area contributed by atoms with Gasteiger partial charge in [-0.25, -0.2) is 14.0 Å². The topological polar surface area (TPSA) is 73.5 Å². The lowest BCUT2D eigenvalue weighted by Crippen LogP contribution is -2.42. The number of hydrogen-bond acceptors (Lipinski definition) is 2. The molecular formula is C23H22ClFN4O2. The van der Waals surface area contributed by atoms with E-state index in [9.17, 15) is 14.0 Å². The first kappa shape index (κ1) is 22.1. The molecule has 0 aromatic heterocycles. The van der Waals surface area contributed by atoms with Gasteiger partial charge in [-0.15, -0.1) is 0 Å². The van der Waals surface area contributed by atoms with E-state index in [1.165, 1.54) is 29.2 Å². The van der Waals surface area contributed by atoms with Crippen molar-refractivity contribution < 1.29 is 14.0 Å². The van der Waals surface area contributed by atoms with Gasteiger partial charge >= 0.3 is 12.1 Å². The second-order valence-electron chi connectivity index (χ2n) is 6.76. The summed E-state index contributed by atoms with van der Waals surface area (Å²) in [5.41, 5.74) is 2.70. The molecule has 3 aromatic rings. The van der Waals surface area contributed by atoms with Gasteiger partial charge in [0.25, 0.3) is 0 Å². The average molecular weight is 441 g/mol. The fourth-order valence-electron chi connectivity index (χ4n) is 2.85. The number of benzene rings is 3. The van der Waals surface area contributed by atoms with E-state index in [0.717, 1.165) is 5.56 Å².